The van der Waals surface area contributed by atoms with Crippen LogP contribution >= 0.6 is 0 Å². The first-order valence-corrected chi connectivity index (χ1v) is 8.76. The molecule has 0 aromatic heterocycles. The molecule has 2 rings (SSSR count). The molecule has 0 aliphatic heterocycles. The lowest BCUT2D eigenvalue weighted by molar-refractivity contribution is 0.289. The van der Waals surface area contributed by atoms with Crippen molar-refractivity contribution >= 4 is 0 Å². The fourth-order valence-corrected chi connectivity index (χ4v) is 4.01. The number of rotatable bonds is 2. The highest BCUT2D eigenvalue weighted by Gasteiger charge is 2.31. The predicted molar refractivity (Wildman–Crippen MR) is 94.1 cm³/mol. The molecule has 1 aromatic carbocycles. The SMILES string of the molecule is CCc1cc(CC(C)(C)C)cc2c1CCCC2C(C)(C)C. The van der Waals surface area contributed by atoms with Gasteiger partial charge in [0.25, 0.3) is 0 Å². The minimum atomic E-state index is 0.366. The lowest BCUT2D eigenvalue weighted by Crippen LogP contribution is -2.24. The zero-order valence-electron chi connectivity index (χ0n) is 15.3. The van der Waals surface area contributed by atoms with Gasteiger partial charge in [0.1, 0.15) is 0 Å². The van der Waals surface area contributed by atoms with E-state index in [0.717, 1.165) is 5.92 Å². The van der Waals surface area contributed by atoms with Gasteiger partial charge in [0.2, 0.25) is 0 Å². The molecule has 1 aliphatic carbocycles. The van der Waals surface area contributed by atoms with Gasteiger partial charge in [-0.15, -0.1) is 0 Å². The third-order valence-corrected chi connectivity index (χ3v) is 4.89. The van der Waals surface area contributed by atoms with Gasteiger partial charge in [-0.1, -0.05) is 60.6 Å². The molecule has 118 valence electrons. The van der Waals surface area contributed by atoms with Crippen LogP contribution in [-0.2, 0) is 19.3 Å². The maximum absolute atomic E-state index is 2.55. The van der Waals surface area contributed by atoms with Crippen molar-refractivity contribution in [3.8, 4) is 0 Å². The number of benzene rings is 1. The van der Waals surface area contributed by atoms with Crippen molar-refractivity contribution < 1.29 is 0 Å². The zero-order chi connectivity index (χ0) is 15.8. The molecule has 0 saturated heterocycles. The number of hydrogen-bond acceptors (Lipinski definition) is 0. The van der Waals surface area contributed by atoms with Gasteiger partial charge in [0.15, 0.2) is 0 Å². The van der Waals surface area contributed by atoms with Crippen molar-refractivity contribution in [3.05, 3.63) is 34.4 Å². The van der Waals surface area contributed by atoms with Gasteiger partial charge >= 0.3 is 0 Å². The first kappa shape index (κ1) is 16.6. The van der Waals surface area contributed by atoms with Crippen molar-refractivity contribution in [1.29, 1.82) is 0 Å². The Kier molecular flexibility index (Phi) is 4.57. The maximum Gasteiger partial charge on any atom is -0.0110 e. The Hall–Kier alpha value is -0.780. The predicted octanol–water partition coefficient (Wildman–Crippen LogP) is 6.30. The summed E-state index contributed by atoms with van der Waals surface area (Å²) in [7, 11) is 0. The molecule has 1 unspecified atom stereocenters. The van der Waals surface area contributed by atoms with Crippen LogP contribution in [0.5, 0.6) is 0 Å². The van der Waals surface area contributed by atoms with Gasteiger partial charge in [0, 0.05) is 0 Å². The molecule has 0 N–H and O–H groups in total. The van der Waals surface area contributed by atoms with Crippen molar-refractivity contribution in [2.75, 3.05) is 0 Å². The van der Waals surface area contributed by atoms with E-state index in [1.807, 2.05) is 0 Å². The van der Waals surface area contributed by atoms with E-state index in [4.69, 9.17) is 0 Å². The number of aryl methyl sites for hydroxylation is 1. The fraction of sp³-hybridized carbons (Fsp3) is 0.714. The van der Waals surface area contributed by atoms with Gasteiger partial charge in [-0.05, 0) is 71.1 Å². The summed E-state index contributed by atoms with van der Waals surface area (Å²) in [5, 5.41) is 0. The van der Waals surface area contributed by atoms with Crippen molar-refractivity contribution in [3.63, 3.8) is 0 Å². The largest absolute Gasteiger partial charge is 0.0613 e. The van der Waals surface area contributed by atoms with Gasteiger partial charge in [-0.2, -0.15) is 0 Å². The lowest BCUT2D eigenvalue weighted by Gasteiger charge is -2.37. The summed E-state index contributed by atoms with van der Waals surface area (Å²) in [5.41, 5.74) is 7.26. The highest BCUT2D eigenvalue weighted by molar-refractivity contribution is 5.44. The smallest absolute Gasteiger partial charge is 0.0110 e. The van der Waals surface area contributed by atoms with Crippen LogP contribution in [0.1, 0.15) is 89.5 Å². The molecule has 0 heterocycles. The quantitative estimate of drug-likeness (QED) is 0.598. The van der Waals surface area contributed by atoms with E-state index in [1.54, 1.807) is 22.3 Å². The second-order valence-corrected chi connectivity index (χ2v) is 9.22. The van der Waals surface area contributed by atoms with Crippen molar-refractivity contribution in [1.82, 2.24) is 0 Å². The molecule has 0 radical (unpaired) electrons. The Balaban J connectivity index is 2.51. The monoisotopic (exact) mass is 286 g/mol. The third kappa shape index (κ3) is 3.90. The molecule has 1 aliphatic rings. The normalized spacial score (nSPS) is 19.5. The molecular weight excluding hydrogens is 252 g/mol. The molecule has 1 atom stereocenters. The van der Waals surface area contributed by atoms with Crippen LogP contribution in [0, 0.1) is 10.8 Å². The van der Waals surface area contributed by atoms with E-state index >= 15 is 0 Å². The van der Waals surface area contributed by atoms with Crippen LogP contribution in [-0.4, -0.2) is 0 Å². The van der Waals surface area contributed by atoms with Gasteiger partial charge in [-0.25, -0.2) is 0 Å². The van der Waals surface area contributed by atoms with E-state index < -0.39 is 0 Å². The van der Waals surface area contributed by atoms with Crippen LogP contribution < -0.4 is 0 Å². The summed E-state index contributed by atoms with van der Waals surface area (Å²) in [6.45, 7) is 16.6. The number of fused-ring (bicyclic) bond motifs is 1. The fourth-order valence-electron chi connectivity index (χ4n) is 4.01. The van der Waals surface area contributed by atoms with Gasteiger partial charge in [0.05, 0.1) is 0 Å². The van der Waals surface area contributed by atoms with E-state index in [0.29, 0.717) is 10.8 Å². The number of hydrogen-bond donors (Lipinski definition) is 0. The molecule has 21 heavy (non-hydrogen) atoms. The highest BCUT2D eigenvalue weighted by atomic mass is 14.4. The van der Waals surface area contributed by atoms with Crippen LogP contribution in [0.2, 0.25) is 0 Å². The summed E-state index contributed by atoms with van der Waals surface area (Å²) < 4.78 is 0. The van der Waals surface area contributed by atoms with Crippen molar-refractivity contribution in [2.24, 2.45) is 10.8 Å². The third-order valence-electron chi connectivity index (χ3n) is 4.89. The summed E-state index contributed by atoms with van der Waals surface area (Å²) in [5.74, 6) is 0.728. The van der Waals surface area contributed by atoms with E-state index in [-0.39, 0.29) is 0 Å². The summed E-state index contributed by atoms with van der Waals surface area (Å²) in [6, 6.07) is 5.05. The summed E-state index contributed by atoms with van der Waals surface area (Å²) in [6.07, 6.45) is 6.38. The average molecular weight is 287 g/mol. The Morgan fingerprint density at radius 2 is 1.71 bits per heavy atom. The summed E-state index contributed by atoms with van der Waals surface area (Å²) in [4.78, 5) is 0. The van der Waals surface area contributed by atoms with Crippen LogP contribution in [0.15, 0.2) is 12.1 Å². The molecule has 0 amide bonds. The Labute approximate surface area is 132 Å². The minimum absolute atomic E-state index is 0.366. The van der Waals surface area contributed by atoms with Gasteiger partial charge in [-0.3, -0.25) is 0 Å². The minimum Gasteiger partial charge on any atom is -0.0613 e. The van der Waals surface area contributed by atoms with Crippen molar-refractivity contribution in [2.45, 2.75) is 86.5 Å². The topological polar surface area (TPSA) is 0 Å². The lowest BCUT2D eigenvalue weighted by atomic mass is 9.68. The molecule has 0 fully saturated rings. The molecule has 0 nitrogen and oxygen atoms in total. The van der Waals surface area contributed by atoms with Gasteiger partial charge < -0.3 is 0 Å². The highest BCUT2D eigenvalue weighted by Crippen LogP contribution is 2.45. The van der Waals surface area contributed by atoms with Crippen LogP contribution in [0.25, 0.3) is 0 Å². The van der Waals surface area contributed by atoms with E-state index in [1.165, 1.54) is 32.1 Å². The zero-order valence-corrected chi connectivity index (χ0v) is 15.3. The first-order chi connectivity index (χ1) is 9.62. The second-order valence-electron chi connectivity index (χ2n) is 9.22. The molecule has 1 aromatic rings. The van der Waals surface area contributed by atoms with E-state index in [9.17, 15) is 0 Å². The van der Waals surface area contributed by atoms with E-state index in [2.05, 4.69) is 60.6 Å². The standard InChI is InChI=1S/C21H34/c1-8-16-12-15(14-20(2,3)4)13-18-17(16)10-9-11-19(18)21(5,6)7/h12-13,19H,8-11,14H2,1-7H3. The molecular formula is C21H34. The van der Waals surface area contributed by atoms with Crippen LogP contribution in [0.4, 0.5) is 0 Å². The molecule has 0 heteroatoms. The molecule has 0 spiro atoms. The second kappa shape index (κ2) is 5.78. The average Bonchev–Trinajstić information content (AvgIpc) is 2.33. The molecule has 0 saturated carbocycles. The summed E-state index contributed by atoms with van der Waals surface area (Å²) >= 11 is 0. The first-order valence-electron chi connectivity index (χ1n) is 8.76. The Morgan fingerprint density at radius 3 is 2.24 bits per heavy atom. The van der Waals surface area contributed by atoms with Crippen LogP contribution in [0.3, 0.4) is 0 Å². The molecule has 0 bridgehead atoms. The maximum atomic E-state index is 2.55. The Morgan fingerprint density at radius 1 is 1.05 bits per heavy atom. The Bertz CT molecular complexity index is 494.